The van der Waals surface area contributed by atoms with Gasteiger partial charge in [-0.1, -0.05) is 27.2 Å². The summed E-state index contributed by atoms with van der Waals surface area (Å²) in [5, 5.41) is 0. The summed E-state index contributed by atoms with van der Waals surface area (Å²) in [7, 11) is 1.62. The van der Waals surface area contributed by atoms with Crippen molar-refractivity contribution in [1.29, 1.82) is 0 Å². The van der Waals surface area contributed by atoms with Gasteiger partial charge < -0.3 is 4.74 Å². The average Bonchev–Trinajstić information content (AvgIpc) is 2.47. The fourth-order valence-electron chi connectivity index (χ4n) is 3.08. The van der Waals surface area contributed by atoms with Crippen LogP contribution in [-0.2, 0) is 15.3 Å². The summed E-state index contributed by atoms with van der Waals surface area (Å²) in [5.74, 6) is 2.48. The Morgan fingerprint density at radius 3 is 2.43 bits per heavy atom. The van der Waals surface area contributed by atoms with Crippen LogP contribution in [0.15, 0.2) is 29.2 Å². The molecule has 0 aliphatic heterocycles. The van der Waals surface area contributed by atoms with Crippen molar-refractivity contribution in [3.05, 3.63) is 24.3 Å². The van der Waals surface area contributed by atoms with Crippen molar-refractivity contribution in [3.8, 4) is 5.75 Å². The summed E-state index contributed by atoms with van der Waals surface area (Å²) in [4.78, 5) is 0.705. The average molecular weight is 310 g/mol. The molecule has 1 aliphatic carbocycles. The molecule has 0 aromatic heterocycles. The molecular weight excluding hydrogens is 284 g/mol. The van der Waals surface area contributed by atoms with Crippen LogP contribution in [0.2, 0.25) is 0 Å². The second-order valence-corrected chi connectivity index (χ2v) is 7.50. The molecule has 0 spiro atoms. The lowest BCUT2D eigenvalue weighted by Crippen LogP contribution is -2.34. The van der Waals surface area contributed by atoms with Gasteiger partial charge in [-0.2, -0.15) is 0 Å². The monoisotopic (exact) mass is 310 g/mol. The van der Waals surface area contributed by atoms with Gasteiger partial charge >= 0.3 is 0 Å². The maximum absolute atomic E-state index is 12.4. The summed E-state index contributed by atoms with van der Waals surface area (Å²) < 4.78 is 23.5. The molecule has 1 saturated carbocycles. The minimum atomic E-state index is -1.40. The fraction of sp³-hybridized carbons (Fsp3) is 0.647. The SMILES string of the molecule is COc1ccc(S(=O)OC2CC(C)CCC2C(C)C)cc1. The summed E-state index contributed by atoms with van der Waals surface area (Å²) in [6, 6.07) is 7.26. The smallest absolute Gasteiger partial charge is 0.189 e. The van der Waals surface area contributed by atoms with Crippen LogP contribution >= 0.6 is 0 Å². The van der Waals surface area contributed by atoms with E-state index in [0.717, 1.165) is 12.2 Å². The molecule has 118 valence electrons. The van der Waals surface area contributed by atoms with E-state index < -0.39 is 11.1 Å². The first kappa shape index (κ1) is 16.5. The quantitative estimate of drug-likeness (QED) is 0.818. The molecule has 21 heavy (non-hydrogen) atoms. The molecule has 0 heterocycles. The largest absolute Gasteiger partial charge is 0.497 e. The van der Waals surface area contributed by atoms with Gasteiger partial charge in [-0.15, -0.1) is 0 Å². The van der Waals surface area contributed by atoms with Gasteiger partial charge in [0.05, 0.1) is 18.1 Å². The lowest BCUT2D eigenvalue weighted by atomic mass is 9.75. The normalized spacial score (nSPS) is 27.6. The van der Waals surface area contributed by atoms with Gasteiger partial charge in [0.25, 0.3) is 0 Å². The lowest BCUT2D eigenvalue weighted by molar-refractivity contribution is 0.0567. The molecule has 0 saturated heterocycles. The molecule has 0 amide bonds. The van der Waals surface area contributed by atoms with E-state index in [9.17, 15) is 4.21 Å². The van der Waals surface area contributed by atoms with E-state index in [1.54, 1.807) is 7.11 Å². The number of methoxy groups -OCH3 is 1. The van der Waals surface area contributed by atoms with E-state index in [-0.39, 0.29) is 6.10 Å². The van der Waals surface area contributed by atoms with Crippen molar-refractivity contribution >= 4 is 11.1 Å². The van der Waals surface area contributed by atoms with Crippen LogP contribution in [0.1, 0.15) is 40.0 Å². The number of hydrogen-bond acceptors (Lipinski definition) is 3. The molecule has 0 bridgehead atoms. The van der Waals surface area contributed by atoms with Crippen molar-refractivity contribution in [2.24, 2.45) is 17.8 Å². The molecule has 1 aliphatic rings. The molecule has 4 atom stereocenters. The van der Waals surface area contributed by atoms with Gasteiger partial charge in [-0.25, -0.2) is 4.21 Å². The Morgan fingerprint density at radius 2 is 1.86 bits per heavy atom. The van der Waals surface area contributed by atoms with Crippen LogP contribution in [0.4, 0.5) is 0 Å². The van der Waals surface area contributed by atoms with Gasteiger partial charge in [-0.3, -0.25) is 4.18 Å². The highest BCUT2D eigenvalue weighted by Crippen LogP contribution is 2.36. The predicted octanol–water partition coefficient (Wildman–Crippen LogP) is 4.20. The predicted molar refractivity (Wildman–Crippen MR) is 85.6 cm³/mol. The van der Waals surface area contributed by atoms with Gasteiger partial charge in [0.15, 0.2) is 11.1 Å². The number of ether oxygens (including phenoxy) is 1. The first-order valence-electron chi connectivity index (χ1n) is 7.74. The maximum atomic E-state index is 12.4. The Bertz CT molecular complexity index is 469. The molecular formula is C17H26O3S. The zero-order valence-corrected chi connectivity index (χ0v) is 14.2. The standard InChI is InChI=1S/C17H26O3S/c1-12(2)16-10-5-13(3)11-17(16)20-21(18)15-8-6-14(19-4)7-9-15/h6-9,12-13,16-17H,5,10-11H2,1-4H3. The van der Waals surface area contributed by atoms with Gasteiger partial charge in [-0.05, 0) is 54.9 Å². The highest BCUT2D eigenvalue weighted by Gasteiger charge is 2.33. The Labute approximate surface area is 130 Å². The van der Waals surface area contributed by atoms with Gasteiger partial charge in [0, 0.05) is 0 Å². The van der Waals surface area contributed by atoms with Crippen LogP contribution in [0, 0.1) is 17.8 Å². The van der Waals surface area contributed by atoms with Crippen molar-refractivity contribution in [2.75, 3.05) is 7.11 Å². The molecule has 3 nitrogen and oxygen atoms in total. The molecule has 0 radical (unpaired) electrons. The van der Waals surface area contributed by atoms with E-state index in [2.05, 4.69) is 20.8 Å². The van der Waals surface area contributed by atoms with Crippen molar-refractivity contribution in [3.63, 3.8) is 0 Å². The van der Waals surface area contributed by atoms with Crippen LogP contribution in [0.3, 0.4) is 0 Å². The molecule has 1 fully saturated rings. The molecule has 1 aromatic rings. The minimum Gasteiger partial charge on any atom is -0.497 e. The van der Waals surface area contributed by atoms with Crippen LogP contribution in [0.25, 0.3) is 0 Å². The third-order valence-corrected chi connectivity index (χ3v) is 5.50. The fourth-order valence-corrected chi connectivity index (χ4v) is 4.00. The third kappa shape index (κ3) is 4.30. The van der Waals surface area contributed by atoms with E-state index in [1.165, 1.54) is 12.8 Å². The molecule has 4 heteroatoms. The van der Waals surface area contributed by atoms with E-state index in [0.29, 0.717) is 22.6 Å². The van der Waals surface area contributed by atoms with Gasteiger partial charge in [0.1, 0.15) is 5.75 Å². The zero-order chi connectivity index (χ0) is 15.4. The number of hydrogen-bond donors (Lipinski definition) is 0. The van der Waals surface area contributed by atoms with Gasteiger partial charge in [0.2, 0.25) is 0 Å². The first-order chi connectivity index (χ1) is 10.0. The van der Waals surface area contributed by atoms with Crippen molar-refractivity contribution < 1.29 is 13.1 Å². The molecule has 1 aromatic carbocycles. The third-order valence-electron chi connectivity index (χ3n) is 4.42. The minimum absolute atomic E-state index is 0.0942. The molecule has 2 rings (SSSR count). The maximum Gasteiger partial charge on any atom is 0.189 e. The summed E-state index contributed by atoms with van der Waals surface area (Å²) in [5.41, 5.74) is 0. The van der Waals surface area contributed by atoms with E-state index >= 15 is 0 Å². The van der Waals surface area contributed by atoms with Crippen LogP contribution in [0.5, 0.6) is 5.75 Å². The Kier molecular flexibility index (Phi) is 5.82. The number of benzene rings is 1. The number of rotatable bonds is 5. The second-order valence-electron chi connectivity index (χ2n) is 6.37. The van der Waals surface area contributed by atoms with E-state index in [1.807, 2.05) is 24.3 Å². The first-order valence-corrected chi connectivity index (χ1v) is 8.81. The molecule has 0 N–H and O–H groups in total. The lowest BCUT2D eigenvalue weighted by Gasteiger charge is -2.36. The highest BCUT2D eigenvalue weighted by atomic mass is 32.2. The van der Waals surface area contributed by atoms with Crippen molar-refractivity contribution in [2.45, 2.75) is 51.0 Å². The van der Waals surface area contributed by atoms with Crippen LogP contribution in [-0.4, -0.2) is 17.4 Å². The Balaban J connectivity index is 2.04. The Hall–Kier alpha value is -0.870. The van der Waals surface area contributed by atoms with E-state index in [4.69, 9.17) is 8.92 Å². The zero-order valence-electron chi connectivity index (χ0n) is 13.4. The second kappa shape index (κ2) is 7.41. The summed E-state index contributed by atoms with van der Waals surface area (Å²) >= 11 is -1.40. The van der Waals surface area contributed by atoms with Crippen LogP contribution < -0.4 is 4.74 Å². The summed E-state index contributed by atoms with van der Waals surface area (Å²) in [6.07, 6.45) is 3.52. The Morgan fingerprint density at radius 1 is 1.19 bits per heavy atom. The van der Waals surface area contributed by atoms with Crippen molar-refractivity contribution in [1.82, 2.24) is 0 Å². The molecule has 4 unspecified atom stereocenters. The topological polar surface area (TPSA) is 35.5 Å². The summed E-state index contributed by atoms with van der Waals surface area (Å²) in [6.45, 7) is 6.71. The highest BCUT2D eigenvalue weighted by molar-refractivity contribution is 7.80.